The van der Waals surface area contributed by atoms with Gasteiger partial charge >= 0.3 is 0 Å². The first kappa shape index (κ1) is 18.6. The van der Waals surface area contributed by atoms with Gasteiger partial charge in [-0.15, -0.1) is 0 Å². The van der Waals surface area contributed by atoms with Gasteiger partial charge in [0.05, 0.1) is 11.7 Å². The van der Waals surface area contributed by atoms with Gasteiger partial charge in [0, 0.05) is 18.0 Å². The second-order valence-corrected chi connectivity index (χ2v) is 8.63. The van der Waals surface area contributed by atoms with Crippen molar-refractivity contribution >= 4 is 32.8 Å². The van der Waals surface area contributed by atoms with E-state index in [1.807, 2.05) is 13.8 Å². The number of nitrogens with zero attached hydrogens (tertiary/aromatic N) is 5. The third kappa shape index (κ3) is 3.51. The summed E-state index contributed by atoms with van der Waals surface area (Å²) >= 11 is 0.967. The van der Waals surface area contributed by atoms with E-state index in [2.05, 4.69) is 28.6 Å². The molecule has 0 saturated heterocycles. The Hall–Kier alpha value is -2.76. The van der Waals surface area contributed by atoms with Crippen LogP contribution in [0, 0.1) is 5.92 Å². The van der Waals surface area contributed by atoms with Crippen LogP contribution in [0.5, 0.6) is 0 Å². The lowest BCUT2D eigenvalue weighted by Crippen LogP contribution is -2.32. The highest BCUT2D eigenvalue weighted by Gasteiger charge is 2.30. The van der Waals surface area contributed by atoms with E-state index in [9.17, 15) is 8.42 Å². The van der Waals surface area contributed by atoms with Gasteiger partial charge in [0.25, 0.3) is 0 Å². The van der Waals surface area contributed by atoms with Gasteiger partial charge in [0.1, 0.15) is 22.0 Å². The minimum absolute atomic E-state index is 0.0678. The maximum absolute atomic E-state index is 13.0. The topological polar surface area (TPSA) is 124 Å². The normalized spacial score (nSPS) is 13.2. The van der Waals surface area contributed by atoms with Crippen molar-refractivity contribution in [2.24, 2.45) is 5.92 Å². The van der Waals surface area contributed by atoms with Crippen molar-refractivity contribution in [1.82, 2.24) is 28.6 Å². The zero-order valence-electron chi connectivity index (χ0n) is 15.0. The van der Waals surface area contributed by atoms with E-state index in [1.54, 1.807) is 36.7 Å². The van der Waals surface area contributed by atoms with E-state index in [-0.39, 0.29) is 16.7 Å². The number of hydrogen-bond acceptors (Lipinski definition) is 9. The third-order valence-electron chi connectivity index (χ3n) is 4.13. The number of benzene rings is 1. The average molecular weight is 416 g/mol. The van der Waals surface area contributed by atoms with Gasteiger partial charge in [0.15, 0.2) is 0 Å². The third-order valence-corrected chi connectivity index (χ3v) is 6.15. The molecule has 0 spiro atoms. The Bertz CT molecular complexity index is 1200. The Morgan fingerprint density at radius 2 is 1.89 bits per heavy atom. The van der Waals surface area contributed by atoms with E-state index in [4.69, 9.17) is 4.52 Å². The zero-order valence-corrected chi connectivity index (χ0v) is 16.6. The van der Waals surface area contributed by atoms with E-state index in [0.717, 1.165) is 17.3 Å². The first-order valence-electron chi connectivity index (χ1n) is 8.43. The van der Waals surface area contributed by atoms with Crippen LogP contribution in [0.2, 0.25) is 0 Å². The molecule has 0 saturated carbocycles. The molecular weight excluding hydrogens is 400 g/mol. The highest BCUT2D eigenvalue weighted by molar-refractivity contribution is 7.89. The summed E-state index contributed by atoms with van der Waals surface area (Å²) < 4.78 is 42.3. The van der Waals surface area contributed by atoms with Gasteiger partial charge in [-0.3, -0.25) is 4.98 Å². The summed E-state index contributed by atoms with van der Waals surface area (Å²) in [6.07, 6.45) is 3.24. The van der Waals surface area contributed by atoms with Gasteiger partial charge in [-0.25, -0.2) is 8.42 Å². The summed E-state index contributed by atoms with van der Waals surface area (Å²) in [5.74, 6) is 0.426. The molecule has 0 unspecified atom stereocenters. The molecule has 0 aliphatic rings. The predicted octanol–water partition coefficient (Wildman–Crippen LogP) is 2.81. The number of pyridine rings is 1. The number of aromatic nitrogens is 5. The van der Waals surface area contributed by atoms with Crippen molar-refractivity contribution in [3.05, 3.63) is 48.6 Å². The van der Waals surface area contributed by atoms with Crippen LogP contribution in [-0.4, -0.2) is 32.3 Å². The highest BCUT2D eigenvalue weighted by Crippen LogP contribution is 2.27. The summed E-state index contributed by atoms with van der Waals surface area (Å²) in [5.41, 5.74) is 1.60. The van der Waals surface area contributed by atoms with Gasteiger partial charge < -0.3 is 4.52 Å². The molecule has 0 aliphatic carbocycles. The molecule has 0 fully saturated rings. The molecule has 4 aromatic rings. The fourth-order valence-electron chi connectivity index (χ4n) is 2.68. The molecule has 4 rings (SSSR count). The zero-order chi connectivity index (χ0) is 19.7. The van der Waals surface area contributed by atoms with Crippen LogP contribution in [0.15, 0.2) is 52.1 Å². The van der Waals surface area contributed by atoms with Crippen molar-refractivity contribution in [3.8, 4) is 11.4 Å². The smallest absolute Gasteiger partial charge is 0.245 e. The van der Waals surface area contributed by atoms with Crippen LogP contribution in [-0.2, 0) is 10.0 Å². The Labute approximate surface area is 165 Å². The van der Waals surface area contributed by atoms with Crippen LogP contribution in [0.4, 0.5) is 0 Å². The molecule has 28 heavy (non-hydrogen) atoms. The maximum atomic E-state index is 13.0. The lowest BCUT2D eigenvalue weighted by Gasteiger charge is -2.18. The Balaban J connectivity index is 1.68. The minimum atomic E-state index is -3.89. The molecule has 1 aromatic carbocycles. The highest BCUT2D eigenvalue weighted by atomic mass is 32.2. The van der Waals surface area contributed by atoms with E-state index >= 15 is 0 Å². The van der Waals surface area contributed by atoms with Gasteiger partial charge in [-0.05, 0) is 30.2 Å². The van der Waals surface area contributed by atoms with Crippen LogP contribution >= 0.6 is 11.7 Å². The van der Waals surface area contributed by atoms with Crippen LogP contribution < -0.4 is 4.72 Å². The summed E-state index contributed by atoms with van der Waals surface area (Å²) in [5, 5.41) is 3.96. The molecule has 3 heterocycles. The van der Waals surface area contributed by atoms with Crippen molar-refractivity contribution in [2.75, 3.05) is 0 Å². The molecule has 9 nitrogen and oxygen atoms in total. The van der Waals surface area contributed by atoms with Crippen molar-refractivity contribution in [3.63, 3.8) is 0 Å². The standard InChI is InChI=1S/C17H16N6O3S2/c1-10(2)14(17-19-16(20-26-17)11-6-8-18-9-7-11)23-28(24,25)13-5-3-4-12-15(13)22-27-21-12/h3-10,14,23H,1-2H3/t14-/m0/s1. The summed E-state index contributed by atoms with van der Waals surface area (Å²) in [6, 6.07) is 7.65. The summed E-state index contributed by atoms with van der Waals surface area (Å²) in [7, 11) is -3.89. The van der Waals surface area contributed by atoms with Gasteiger partial charge in [-0.1, -0.05) is 25.1 Å². The molecule has 0 bridgehead atoms. The molecule has 1 atom stereocenters. The fourth-order valence-corrected chi connectivity index (χ4v) is 4.78. The summed E-state index contributed by atoms with van der Waals surface area (Å²) in [4.78, 5) is 8.40. The largest absolute Gasteiger partial charge is 0.337 e. The minimum Gasteiger partial charge on any atom is -0.337 e. The number of hydrogen-bond donors (Lipinski definition) is 1. The first-order valence-corrected chi connectivity index (χ1v) is 10.6. The van der Waals surface area contributed by atoms with Crippen molar-refractivity contribution in [2.45, 2.75) is 24.8 Å². The number of rotatable bonds is 6. The molecule has 0 aliphatic heterocycles. The second kappa shape index (κ2) is 7.34. The van der Waals surface area contributed by atoms with Gasteiger partial charge in [-0.2, -0.15) is 18.5 Å². The molecule has 11 heteroatoms. The molecule has 3 aromatic heterocycles. The van der Waals surface area contributed by atoms with E-state index in [1.165, 1.54) is 6.07 Å². The SMILES string of the molecule is CC(C)[C@H](NS(=O)(=O)c1cccc2nsnc12)c1nc(-c2ccncc2)no1. The predicted molar refractivity (Wildman–Crippen MR) is 103 cm³/mol. The number of nitrogens with one attached hydrogen (secondary N) is 1. The molecule has 0 amide bonds. The van der Waals surface area contributed by atoms with Crippen LogP contribution in [0.3, 0.4) is 0 Å². The summed E-state index contributed by atoms with van der Waals surface area (Å²) in [6.45, 7) is 3.74. The quantitative estimate of drug-likeness (QED) is 0.509. The second-order valence-electron chi connectivity index (χ2n) is 6.42. The van der Waals surface area contributed by atoms with Crippen molar-refractivity contribution in [1.29, 1.82) is 0 Å². The van der Waals surface area contributed by atoms with Crippen LogP contribution in [0.25, 0.3) is 22.4 Å². The van der Waals surface area contributed by atoms with Crippen LogP contribution in [0.1, 0.15) is 25.8 Å². The Morgan fingerprint density at radius 3 is 2.64 bits per heavy atom. The van der Waals surface area contributed by atoms with Gasteiger partial charge in [0.2, 0.25) is 21.7 Å². The number of sulfonamides is 1. The Morgan fingerprint density at radius 1 is 1.11 bits per heavy atom. The van der Waals surface area contributed by atoms with Crippen molar-refractivity contribution < 1.29 is 12.9 Å². The monoisotopic (exact) mass is 416 g/mol. The first-order chi connectivity index (χ1) is 13.5. The lowest BCUT2D eigenvalue weighted by molar-refractivity contribution is 0.311. The molecule has 144 valence electrons. The average Bonchev–Trinajstić information content (AvgIpc) is 3.36. The molecular formula is C17H16N6O3S2. The maximum Gasteiger partial charge on any atom is 0.245 e. The van der Waals surface area contributed by atoms with E-state index < -0.39 is 16.1 Å². The fraction of sp³-hybridized carbons (Fsp3) is 0.235. The van der Waals surface area contributed by atoms with E-state index in [0.29, 0.717) is 16.9 Å². The number of fused-ring (bicyclic) bond motifs is 1. The molecule has 0 radical (unpaired) electrons. The lowest BCUT2D eigenvalue weighted by atomic mass is 10.1. The Kier molecular flexibility index (Phi) is 4.87. The molecule has 1 N–H and O–H groups in total.